The van der Waals surface area contributed by atoms with E-state index >= 15 is 0 Å². The summed E-state index contributed by atoms with van der Waals surface area (Å²) in [4.78, 5) is 12.1. The molecule has 1 aliphatic rings. The maximum atomic E-state index is 12.1. The molecule has 2 aromatic rings. The van der Waals surface area contributed by atoms with E-state index in [0.717, 1.165) is 11.1 Å². The van der Waals surface area contributed by atoms with Crippen molar-refractivity contribution >= 4 is 5.97 Å². The number of benzene rings is 2. The molecule has 0 spiro atoms. The van der Waals surface area contributed by atoms with E-state index in [9.17, 15) is 4.79 Å². The molecular formula is C23H20N2O4. The fraction of sp³-hybridized carbons (Fsp3) is 0.261. The number of nitrogens with zero attached hydrogens (tertiary/aromatic N) is 2. The first-order valence-corrected chi connectivity index (χ1v) is 9.22. The third-order valence-electron chi connectivity index (χ3n) is 4.29. The van der Waals surface area contributed by atoms with Crippen LogP contribution in [0.2, 0.25) is 0 Å². The molecule has 0 N–H and O–H groups in total. The van der Waals surface area contributed by atoms with Gasteiger partial charge in [-0.05, 0) is 43.7 Å². The van der Waals surface area contributed by atoms with Gasteiger partial charge >= 0.3 is 5.97 Å². The standard InChI is InChI=1S/C23H20N2O4/c1-15(2)27-22(26)12-20-11-21(18-7-3-16(13-24)4-8-18)29-23(28-20)19-9-5-17(14-25)6-10-19/h3-10,12,15,21,23H,11H2,1-2H3/b20-12-/t21-,23-/m0/s1. The second kappa shape index (κ2) is 9.05. The molecule has 146 valence electrons. The van der Waals surface area contributed by atoms with Crippen molar-refractivity contribution in [2.45, 2.75) is 38.8 Å². The Labute approximate surface area is 169 Å². The van der Waals surface area contributed by atoms with Gasteiger partial charge in [0.1, 0.15) is 5.76 Å². The first kappa shape index (κ1) is 20.1. The molecule has 6 heteroatoms. The number of rotatable bonds is 4. The molecule has 0 aromatic heterocycles. The van der Waals surface area contributed by atoms with Gasteiger partial charge in [0.2, 0.25) is 6.29 Å². The van der Waals surface area contributed by atoms with Crippen LogP contribution >= 0.6 is 0 Å². The van der Waals surface area contributed by atoms with Crippen LogP contribution in [0.3, 0.4) is 0 Å². The van der Waals surface area contributed by atoms with Crippen molar-refractivity contribution in [1.29, 1.82) is 10.5 Å². The van der Waals surface area contributed by atoms with Crippen LogP contribution in [0.1, 0.15) is 54.9 Å². The maximum absolute atomic E-state index is 12.1. The predicted molar refractivity (Wildman–Crippen MR) is 104 cm³/mol. The summed E-state index contributed by atoms with van der Waals surface area (Å²) in [5.74, 6) is -0.0281. The van der Waals surface area contributed by atoms with Crippen molar-refractivity contribution in [3.05, 3.63) is 82.6 Å². The summed E-state index contributed by atoms with van der Waals surface area (Å²) >= 11 is 0. The van der Waals surface area contributed by atoms with Crippen LogP contribution in [0.4, 0.5) is 0 Å². The van der Waals surface area contributed by atoms with E-state index in [1.54, 1.807) is 50.2 Å². The van der Waals surface area contributed by atoms with E-state index in [1.165, 1.54) is 6.08 Å². The van der Waals surface area contributed by atoms with Gasteiger partial charge in [-0.1, -0.05) is 24.3 Å². The van der Waals surface area contributed by atoms with Gasteiger partial charge in [0, 0.05) is 12.0 Å². The number of hydrogen-bond acceptors (Lipinski definition) is 6. The van der Waals surface area contributed by atoms with Gasteiger partial charge in [-0.15, -0.1) is 0 Å². The normalized spacial score (nSPS) is 19.8. The molecule has 0 aliphatic carbocycles. The second-order valence-corrected chi connectivity index (χ2v) is 6.84. The summed E-state index contributed by atoms with van der Waals surface area (Å²) in [5.41, 5.74) is 2.68. The van der Waals surface area contributed by atoms with Crippen molar-refractivity contribution in [3.63, 3.8) is 0 Å². The fourth-order valence-corrected chi connectivity index (χ4v) is 2.91. The van der Waals surface area contributed by atoms with Crippen LogP contribution in [-0.4, -0.2) is 12.1 Å². The zero-order valence-corrected chi connectivity index (χ0v) is 16.2. The topological polar surface area (TPSA) is 92.3 Å². The molecule has 6 nitrogen and oxygen atoms in total. The highest BCUT2D eigenvalue weighted by Gasteiger charge is 2.30. The SMILES string of the molecule is CC(C)OC(=O)/C=C1/C[C@@H](c2ccc(C#N)cc2)O[C@@H](c2ccc(C#N)cc2)O1. The largest absolute Gasteiger partial charge is 0.465 e. The highest BCUT2D eigenvalue weighted by molar-refractivity contribution is 5.82. The number of esters is 1. The number of nitriles is 2. The van der Waals surface area contributed by atoms with E-state index in [4.69, 9.17) is 24.7 Å². The van der Waals surface area contributed by atoms with Crippen molar-refractivity contribution in [2.24, 2.45) is 0 Å². The summed E-state index contributed by atoms with van der Waals surface area (Å²) in [7, 11) is 0. The lowest BCUT2D eigenvalue weighted by Gasteiger charge is -2.33. The molecule has 1 saturated heterocycles. The van der Waals surface area contributed by atoms with Gasteiger partial charge in [0.15, 0.2) is 0 Å². The number of carbonyl (C=O) groups is 1. The monoisotopic (exact) mass is 388 g/mol. The van der Waals surface area contributed by atoms with Crippen LogP contribution in [0.15, 0.2) is 60.4 Å². The zero-order valence-electron chi connectivity index (χ0n) is 16.2. The van der Waals surface area contributed by atoms with Gasteiger partial charge in [0.25, 0.3) is 0 Å². The molecule has 29 heavy (non-hydrogen) atoms. The summed E-state index contributed by atoms with van der Waals surface area (Å²) in [6, 6.07) is 18.2. The Hall–Kier alpha value is -3.61. The molecule has 0 radical (unpaired) electrons. The first-order valence-electron chi connectivity index (χ1n) is 9.22. The van der Waals surface area contributed by atoms with E-state index in [1.807, 2.05) is 12.1 Å². The average molecular weight is 388 g/mol. The van der Waals surface area contributed by atoms with E-state index in [-0.39, 0.29) is 12.2 Å². The zero-order chi connectivity index (χ0) is 20.8. The van der Waals surface area contributed by atoms with E-state index in [2.05, 4.69) is 12.1 Å². The Morgan fingerprint density at radius 1 is 1.03 bits per heavy atom. The smallest absolute Gasteiger partial charge is 0.334 e. The third kappa shape index (κ3) is 5.22. The Bertz CT molecular complexity index is 912. The average Bonchev–Trinajstić information content (AvgIpc) is 2.73. The van der Waals surface area contributed by atoms with Gasteiger partial charge in [-0.2, -0.15) is 10.5 Å². The lowest BCUT2D eigenvalue weighted by Crippen LogP contribution is -2.21. The molecule has 0 unspecified atom stereocenters. The minimum Gasteiger partial charge on any atom is -0.465 e. The summed E-state index contributed by atoms with van der Waals surface area (Å²) in [6.45, 7) is 3.56. The maximum Gasteiger partial charge on any atom is 0.334 e. The third-order valence-corrected chi connectivity index (χ3v) is 4.29. The minimum absolute atomic E-state index is 0.233. The summed E-state index contributed by atoms with van der Waals surface area (Å²) in [6.07, 6.45) is 0.357. The lowest BCUT2D eigenvalue weighted by atomic mass is 10.0. The molecular weight excluding hydrogens is 368 g/mol. The highest BCUT2D eigenvalue weighted by atomic mass is 16.7. The van der Waals surface area contributed by atoms with Gasteiger partial charge < -0.3 is 14.2 Å². The lowest BCUT2D eigenvalue weighted by molar-refractivity contribution is -0.191. The van der Waals surface area contributed by atoms with Crippen LogP contribution in [0.5, 0.6) is 0 Å². The molecule has 0 amide bonds. The van der Waals surface area contributed by atoms with Crippen molar-refractivity contribution in [3.8, 4) is 12.1 Å². The number of ether oxygens (including phenoxy) is 3. The van der Waals surface area contributed by atoms with Crippen LogP contribution in [-0.2, 0) is 19.0 Å². The molecule has 1 aliphatic heterocycles. The Balaban J connectivity index is 1.89. The van der Waals surface area contributed by atoms with Crippen molar-refractivity contribution < 1.29 is 19.0 Å². The first-order chi connectivity index (χ1) is 14.0. The molecule has 0 saturated carbocycles. The molecule has 1 heterocycles. The highest BCUT2D eigenvalue weighted by Crippen LogP contribution is 2.39. The molecule has 2 aromatic carbocycles. The van der Waals surface area contributed by atoms with Crippen LogP contribution in [0, 0.1) is 22.7 Å². The molecule has 3 rings (SSSR count). The van der Waals surface area contributed by atoms with Gasteiger partial charge in [-0.3, -0.25) is 0 Å². The predicted octanol–water partition coefficient (Wildman–Crippen LogP) is 4.44. The fourth-order valence-electron chi connectivity index (χ4n) is 2.91. The Kier molecular flexibility index (Phi) is 6.29. The summed E-state index contributed by atoms with van der Waals surface area (Å²) < 4.78 is 17.2. The molecule has 1 fully saturated rings. The quantitative estimate of drug-likeness (QED) is 0.568. The molecule has 2 atom stereocenters. The number of carbonyl (C=O) groups excluding carboxylic acids is 1. The van der Waals surface area contributed by atoms with E-state index in [0.29, 0.717) is 23.3 Å². The van der Waals surface area contributed by atoms with Crippen molar-refractivity contribution in [1.82, 2.24) is 0 Å². The minimum atomic E-state index is -0.741. The Morgan fingerprint density at radius 3 is 2.10 bits per heavy atom. The van der Waals surface area contributed by atoms with Crippen LogP contribution < -0.4 is 0 Å². The van der Waals surface area contributed by atoms with Gasteiger partial charge in [-0.25, -0.2) is 4.79 Å². The second-order valence-electron chi connectivity index (χ2n) is 6.84. The number of hydrogen-bond donors (Lipinski definition) is 0. The Morgan fingerprint density at radius 2 is 1.59 bits per heavy atom. The van der Waals surface area contributed by atoms with Crippen molar-refractivity contribution in [2.75, 3.05) is 0 Å². The van der Waals surface area contributed by atoms with E-state index < -0.39 is 12.3 Å². The summed E-state index contributed by atoms with van der Waals surface area (Å²) in [5, 5.41) is 18.0. The van der Waals surface area contributed by atoms with Gasteiger partial charge in [0.05, 0.1) is 41.5 Å². The molecule has 0 bridgehead atoms. The van der Waals surface area contributed by atoms with Crippen LogP contribution in [0.25, 0.3) is 0 Å².